The summed E-state index contributed by atoms with van der Waals surface area (Å²) < 4.78 is 41.4. The van der Waals surface area contributed by atoms with Gasteiger partial charge in [-0.3, -0.25) is 14.4 Å². The molecule has 0 atom stereocenters. The molecular formula is C22H19ClF3N3O4. The lowest BCUT2D eigenvalue weighted by molar-refractivity contribution is 0.0168. The Morgan fingerprint density at radius 1 is 1.00 bits per heavy atom. The van der Waals surface area contributed by atoms with Crippen molar-refractivity contribution in [3.63, 3.8) is 0 Å². The van der Waals surface area contributed by atoms with Crippen molar-refractivity contribution in [1.82, 2.24) is 5.48 Å². The standard InChI is InChI=1S/C15H12ClF3N2O3.C7H7NO/c16-8-1-4-12(11(18)7-8)20-14-9(2-3-10(17)13(14)19)15(23)21-24-6-5-22;8-7(9)6-4-2-1-3-5-6/h1-4,7,20,22H,5-6H2,(H,21,23);1-5H,(H2,8,9). The van der Waals surface area contributed by atoms with Crippen LogP contribution in [0.5, 0.6) is 0 Å². The number of primary amides is 1. The van der Waals surface area contributed by atoms with Gasteiger partial charge in [-0.05, 0) is 42.5 Å². The number of hydrogen-bond acceptors (Lipinski definition) is 5. The Kier molecular flexibility index (Phi) is 9.67. The van der Waals surface area contributed by atoms with Gasteiger partial charge >= 0.3 is 0 Å². The first-order chi connectivity index (χ1) is 15.7. The molecule has 33 heavy (non-hydrogen) atoms. The molecule has 0 spiro atoms. The summed E-state index contributed by atoms with van der Waals surface area (Å²) in [6, 6.07) is 14.1. The lowest BCUT2D eigenvalue weighted by Crippen LogP contribution is -2.26. The van der Waals surface area contributed by atoms with E-state index in [0.29, 0.717) is 5.56 Å². The lowest BCUT2D eigenvalue weighted by atomic mass is 10.1. The molecule has 0 saturated heterocycles. The van der Waals surface area contributed by atoms with Crippen LogP contribution in [0.3, 0.4) is 0 Å². The molecule has 0 aromatic heterocycles. The predicted octanol–water partition coefficient (Wildman–Crippen LogP) is 3.94. The fraction of sp³-hybridized carbons (Fsp3) is 0.0909. The summed E-state index contributed by atoms with van der Waals surface area (Å²) in [5.41, 5.74) is 6.40. The summed E-state index contributed by atoms with van der Waals surface area (Å²) >= 11 is 5.63. The molecule has 11 heteroatoms. The van der Waals surface area contributed by atoms with E-state index in [4.69, 9.17) is 22.4 Å². The maximum atomic E-state index is 14.1. The molecule has 0 heterocycles. The van der Waals surface area contributed by atoms with Crippen molar-refractivity contribution in [3.8, 4) is 0 Å². The highest BCUT2D eigenvalue weighted by Gasteiger charge is 2.20. The number of rotatable bonds is 7. The molecular weight excluding hydrogens is 463 g/mol. The average Bonchev–Trinajstić information content (AvgIpc) is 2.79. The third kappa shape index (κ3) is 7.49. The fourth-order valence-corrected chi connectivity index (χ4v) is 2.57. The second-order valence-electron chi connectivity index (χ2n) is 6.27. The highest BCUT2D eigenvalue weighted by atomic mass is 35.5. The number of benzene rings is 3. The number of carbonyl (C=O) groups excluding carboxylic acids is 2. The molecule has 2 amide bonds. The minimum Gasteiger partial charge on any atom is -0.394 e. The predicted molar refractivity (Wildman–Crippen MR) is 117 cm³/mol. The van der Waals surface area contributed by atoms with E-state index in [1.165, 1.54) is 12.1 Å². The van der Waals surface area contributed by atoms with E-state index in [1.807, 2.05) is 11.5 Å². The second-order valence-corrected chi connectivity index (χ2v) is 6.70. The van der Waals surface area contributed by atoms with E-state index in [2.05, 4.69) is 10.2 Å². The molecule has 3 aromatic carbocycles. The second kappa shape index (κ2) is 12.4. The van der Waals surface area contributed by atoms with Crippen LogP contribution in [0, 0.1) is 17.5 Å². The first-order valence-corrected chi connectivity index (χ1v) is 9.70. The zero-order valence-electron chi connectivity index (χ0n) is 16.9. The molecule has 0 bridgehead atoms. The van der Waals surface area contributed by atoms with Crippen LogP contribution in [0.15, 0.2) is 60.7 Å². The number of aliphatic hydroxyl groups excluding tert-OH is 1. The van der Waals surface area contributed by atoms with Gasteiger partial charge in [-0.1, -0.05) is 29.8 Å². The zero-order valence-corrected chi connectivity index (χ0v) is 17.7. The quantitative estimate of drug-likeness (QED) is 0.301. The minimum absolute atomic E-state index is 0.119. The van der Waals surface area contributed by atoms with Crippen LogP contribution in [-0.2, 0) is 4.84 Å². The Hall–Kier alpha value is -3.60. The molecule has 0 aliphatic carbocycles. The highest BCUT2D eigenvalue weighted by Crippen LogP contribution is 2.29. The summed E-state index contributed by atoms with van der Waals surface area (Å²) in [6.07, 6.45) is 0. The number of halogens is 4. The first kappa shape index (κ1) is 25.7. The van der Waals surface area contributed by atoms with E-state index in [-0.39, 0.29) is 35.4 Å². The van der Waals surface area contributed by atoms with Gasteiger partial charge in [-0.15, -0.1) is 0 Å². The van der Waals surface area contributed by atoms with Crippen molar-refractivity contribution < 1.29 is 32.7 Å². The van der Waals surface area contributed by atoms with Crippen LogP contribution >= 0.6 is 11.6 Å². The molecule has 7 nitrogen and oxygen atoms in total. The summed E-state index contributed by atoms with van der Waals surface area (Å²) in [7, 11) is 0. The Balaban J connectivity index is 0.000000357. The molecule has 3 rings (SSSR count). The van der Waals surface area contributed by atoms with Gasteiger partial charge in [0.2, 0.25) is 5.91 Å². The molecule has 0 saturated carbocycles. The number of carbonyl (C=O) groups is 2. The van der Waals surface area contributed by atoms with Gasteiger partial charge in [0.1, 0.15) is 5.82 Å². The van der Waals surface area contributed by atoms with Crippen LogP contribution in [0.1, 0.15) is 20.7 Å². The van der Waals surface area contributed by atoms with Gasteiger partial charge in [-0.25, -0.2) is 18.7 Å². The summed E-state index contributed by atoms with van der Waals surface area (Å²) in [4.78, 5) is 27.0. The van der Waals surface area contributed by atoms with E-state index >= 15 is 0 Å². The smallest absolute Gasteiger partial charge is 0.277 e. The maximum Gasteiger partial charge on any atom is 0.277 e. The highest BCUT2D eigenvalue weighted by molar-refractivity contribution is 6.30. The molecule has 0 fully saturated rings. The molecule has 174 valence electrons. The Labute approximate surface area is 191 Å². The van der Waals surface area contributed by atoms with Gasteiger partial charge in [-0.2, -0.15) is 0 Å². The van der Waals surface area contributed by atoms with Gasteiger partial charge < -0.3 is 16.2 Å². The van der Waals surface area contributed by atoms with Crippen LogP contribution in [-0.4, -0.2) is 30.1 Å². The molecule has 0 unspecified atom stereocenters. The largest absolute Gasteiger partial charge is 0.394 e. The van der Waals surface area contributed by atoms with Gasteiger partial charge in [0.25, 0.3) is 5.91 Å². The number of amides is 2. The number of nitrogens with one attached hydrogen (secondary N) is 2. The van der Waals surface area contributed by atoms with Gasteiger partial charge in [0.05, 0.1) is 30.2 Å². The molecule has 0 radical (unpaired) electrons. The minimum atomic E-state index is -1.36. The van der Waals surface area contributed by atoms with Gasteiger partial charge in [0, 0.05) is 10.6 Å². The van der Waals surface area contributed by atoms with E-state index in [0.717, 1.165) is 18.2 Å². The normalized spacial score (nSPS) is 10.1. The molecule has 3 aromatic rings. The van der Waals surface area contributed by atoms with Crippen molar-refractivity contribution >= 4 is 34.8 Å². The van der Waals surface area contributed by atoms with Crippen molar-refractivity contribution in [1.29, 1.82) is 0 Å². The molecule has 0 aliphatic heterocycles. The van der Waals surface area contributed by atoms with Crippen LogP contribution < -0.4 is 16.5 Å². The summed E-state index contributed by atoms with van der Waals surface area (Å²) in [5, 5.41) is 11.0. The van der Waals surface area contributed by atoms with E-state index < -0.39 is 29.0 Å². The first-order valence-electron chi connectivity index (χ1n) is 9.32. The third-order valence-electron chi connectivity index (χ3n) is 3.95. The summed E-state index contributed by atoms with van der Waals surface area (Å²) in [6.45, 7) is -0.539. The topological polar surface area (TPSA) is 114 Å². The Morgan fingerprint density at radius 3 is 2.27 bits per heavy atom. The number of aliphatic hydroxyl groups is 1. The Morgan fingerprint density at radius 2 is 1.70 bits per heavy atom. The van der Waals surface area contributed by atoms with Crippen molar-refractivity contribution in [2.75, 3.05) is 18.5 Å². The van der Waals surface area contributed by atoms with E-state index in [1.54, 1.807) is 24.3 Å². The Bertz CT molecular complexity index is 1120. The van der Waals surface area contributed by atoms with Crippen molar-refractivity contribution in [2.24, 2.45) is 5.73 Å². The average molecular weight is 482 g/mol. The fourth-order valence-electron chi connectivity index (χ4n) is 2.41. The zero-order chi connectivity index (χ0) is 24.4. The SMILES string of the molecule is NC(=O)c1ccccc1.O=C(NOCCO)c1ccc(F)c(F)c1Nc1ccc(Cl)cc1F. The van der Waals surface area contributed by atoms with Crippen molar-refractivity contribution in [3.05, 3.63) is 94.3 Å². The summed E-state index contributed by atoms with van der Waals surface area (Å²) in [5.74, 6) is -4.68. The molecule has 5 N–H and O–H groups in total. The number of hydrogen-bond donors (Lipinski definition) is 4. The lowest BCUT2D eigenvalue weighted by Gasteiger charge is -2.14. The monoisotopic (exact) mass is 481 g/mol. The van der Waals surface area contributed by atoms with Crippen LogP contribution in [0.2, 0.25) is 5.02 Å². The number of nitrogens with two attached hydrogens (primary N) is 1. The van der Waals surface area contributed by atoms with E-state index in [9.17, 15) is 22.8 Å². The number of anilines is 2. The van der Waals surface area contributed by atoms with Crippen LogP contribution in [0.4, 0.5) is 24.5 Å². The molecule has 0 aliphatic rings. The maximum absolute atomic E-state index is 14.1. The van der Waals surface area contributed by atoms with Crippen LogP contribution in [0.25, 0.3) is 0 Å². The number of hydroxylamine groups is 1. The van der Waals surface area contributed by atoms with Gasteiger partial charge in [0.15, 0.2) is 11.6 Å². The van der Waals surface area contributed by atoms with Crippen molar-refractivity contribution in [2.45, 2.75) is 0 Å². The third-order valence-corrected chi connectivity index (χ3v) is 4.18.